The lowest BCUT2D eigenvalue weighted by atomic mass is 10.1. The van der Waals surface area contributed by atoms with Crippen LogP contribution in [0.3, 0.4) is 0 Å². The van der Waals surface area contributed by atoms with Crippen LogP contribution < -0.4 is 5.73 Å². The molecule has 0 radical (unpaired) electrons. The Balaban J connectivity index is 2.32. The highest BCUT2D eigenvalue weighted by Gasteiger charge is 2.35. The molecule has 1 aromatic carbocycles. The molecule has 112 valence electrons. The summed E-state index contributed by atoms with van der Waals surface area (Å²) in [6.07, 6.45) is 5.63. The number of sulfone groups is 1. The fourth-order valence-corrected chi connectivity index (χ4v) is 4.10. The number of nitrogen functional groups attached to an aromatic ring is 1. The number of hydrogen-bond donors (Lipinski definition) is 2. The number of aromatic hydroxyl groups is 1. The van der Waals surface area contributed by atoms with E-state index in [4.69, 9.17) is 12.2 Å². The van der Waals surface area contributed by atoms with Gasteiger partial charge in [-0.2, -0.15) is 0 Å². The molecule has 1 atom stereocenters. The summed E-state index contributed by atoms with van der Waals surface area (Å²) in [6.45, 7) is -0.00584. The number of nitrogens with zero attached hydrogens (tertiary/aromatic N) is 1. The molecule has 2 rings (SSSR count). The summed E-state index contributed by atoms with van der Waals surface area (Å²) in [5.41, 5.74) is 6.08. The topological polar surface area (TPSA) is 101 Å². The number of terminal acetylenes is 1. The summed E-state index contributed by atoms with van der Waals surface area (Å²) < 4.78 is 23.2. The van der Waals surface area contributed by atoms with Crippen molar-refractivity contribution in [2.24, 2.45) is 0 Å². The van der Waals surface area contributed by atoms with Crippen LogP contribution in [0, 0.1) is 12.3 Å². The van der Waals surface area contributed by atoms with Gasteiger partial charge in [0.05, 0.1) is 23.6 Å². The zero-order valence-electron chi connectivity index (χ0n) is 11.3. The van der Waals surface area contributed by atoms with Crippen molar-refractivity contribution in [3.8, 4) is 18.1 Å². The minimum absolute atomic E-state index is 0.00584. The molecule has 0 aromatic heterocycles. The van der Waals surface area contributed by atoms with E-state index in [2.05, 4.69) is 5.92 Å². The molecule has 21 heavy (non-hydrogen) atoms. The summed E-state index contributed by atoms with van der Waals surface area (Å²) >= 11 is 0. The maximum absolute atomic E-state index is 12.6. The first-order chi connectivity index (χ1) is 9.84. The van der Waals surface area contributed by atoms with Crippen molar-refractivity contribution in [1.82, 2.24) is 4.90 Å². The van der Waals surface area contributed by atoms with Gasteiger partial charge in [-0.1, -0.05) is 5.92 Å². The lowest BCUT2D eigenvalue weighted by Gasteiger charge is -2.26. The molecule has 1 unspecified atom stereocenters. The van der Waals surface area contributed by atoms with Gasteiger partial charge >= 0.3 is 0 Å². The summed E-state index contributed by atoms with van der Waals surface area (Å²) in [7, 11) is -3.14. The van der Waals surface area contributed by atoms with Crippen molar-refractivity contribution in [2.45, 2.75) is 12.5 Å². The Morgan fingerprint density at radius 1 is 1.52 bits per heavy atom. The second kappa shape index (κ2) is 5.66. The van der Waals surface area contributed by atoms with E-state index < -0.39 is 21.8 Å². The third kappa shape index (κ3) is 3.28. The van der Waals surface area contributed by atoms with Gasteiger partial charge in [-0.3, -0.25) is 4.79 Å². The number of amides is 1. The van der Waals surface area contributed by atoms with Crippen molar-refractivity contribution < 1.29 is 18.3 Å². The van der Waals surface area contributed by atoms with Crippen molar-refractivity contribution in [1.29, 1.82) is 0 Å². The van der Waals surface area contributed by atoms with E-state index in [1.54, 1.807) is 0 Å². The Labute approximate surface area is 123 Å². The predicted octanol–water partition coefficient (Wildman–Crippen LogP) is 0.237. The van der Waals surface area contributed by atoms with E-state index in [-0.39, 0.29) is 35.1 Å². The number of anilines is 1. The molecule has 1 aliphatic rings. The Hall–Kier alpha value is -2.20. The number of nitrogens with two attached hydrogens (primary N) is 1. The minimum atomic E-state index is -3.14. The van der Waals surface area contributed by atoms with Crippen molar-refractivity contribution in [3.05, 3.63) is 23.8 Å². The van der Waals surface area contributed by atoms with E-state index >= 15 is 0 Å². The molecule has 1 aromatic rings. The molecule has 1 fully saturated rings. The second-order valence-electron chi connectivity index (χ2n) is 4.97. The third-order valence-electron chi connectivity index (χ3n) is 3.44. The van der Waals surface area contributed by atoms with E-state index in [0.717, 1.165) is 0 Å². The largest absolute Gasteiger partial charge is 0.508 e. The van der Waals surface area contributed by atoms with Crippen LogP contribution >= 0.6 is 0 Å². The van der Waals surface area contributed by atoms with Crippen molar-refractivity contribution in [3.63, 3.8) is 0 Å². The average Bonchev–Trinajstić information content (AvgIpc) is 2.78. The normalized spacial score (nSPS) is 19.9. The average molecular weight is 308 g/mol. The monoisotopic (exact) mass is 308 g/mol. The fraction of sp³-hybridized carbons (Fsp3) is 0.357. The summed E-state index contributed by atoms with van der Waals surface area (Å²) in [6, 6.07) is 3.59. The van der Waals surface area contributed by atoms with Gasteiger partial charge in [0.2, 0.25) is 0 Å². The zero-order chi connectivity index (χ0) is 15.6. The number of rotatable bonds is 3. The van der Waals surface area contributed by atoms with Gasteiger partial charge in [-0.05, 0) is 24.6 Å². The van der Waals surface area contributed by atoms with Crippen LogP contribution in [0.4, 0.5) is 5.69 Å². The fourth-order valence-electron chi connectivity index (χ4n) is 2.37. The third-order valence-corrected chi connectivity index (χ3v) is 5.19. The molecule has 3 N–H and O–H groups in total. The van der Waals surface area contributed by atoms with Crippen LogP contribution in [0.25, 0.3) is 0 Å². The van der Waals surface area contributed by atoms with Gasteiger partial charge in [0.25, 0.3) is 5.91 Å². The first-order valence-corrected chi connectivity index (χ1v) is 8.19. The molecule has 0 aliphatic carbocycles. The first-order valence-electron chi connectivity index (χ1n) is 6.37. The number of phenolic OH excluding ortho intramolecular Hbond substituents is 1. The van der Waals surface area contributed by atoms with Gasteiger partial charge in [-0.15, -0.1) is 6.42 Å². The van der Waals surface area contributed by atoms with Crippen LogP contribution in [-0.2, 0) is 9.84 Å². The highest BCUT2D eigenvalue weighted by molar-refractivity contribution is 7.91. The minimum Gasteiger partial charge on any atom is -0.508 e. The lowest BCUT2D eigenvalue weighted by Crippen LogP contribution is -2.41. The first kappa shape index (κ1) is 15.2. The Morgan fingerprint density at radius 3 is 2.81 bits per heavy atom. The highest BCUT2D eigenvalue weighted by atomic mass is 32.2. The van der Waals surface area contributed by atoms with Crippen LogP contribution in [0.5, 0.6) is 5.75 Å². The molecule has 6 nitrogen and oxygen atoms in total. The van der Waals surface area contributed by atoms with E-state index in [0.29, 0.717) is 6.42 Å². The Bertz CT molecular complexity index is 706. The van der Waals surface area contributed by atoms with Crippen LogP contribution in [-0.4, -0.2) is 48.4 Å². The number of carbonyl (C=O) groups excluding carboxylic acids is 1. The molecular weight excluding hydrogens is 292 g/mol. The molecule has 7 heteroatoms. The molecule has 1 heterocycles. The van der Waals surface area contributed by atoms with Crippen LogP contribution in [0.1, 0.15) is 16.8 Å². The van der Waals surface area contributed by atoms with Gasteiger partial charge in [0.1, 0.15) is 5.75 Å². The quantitative estimate of drug-likeness (QED) is 0.473. The molecule has 0 spiro atoms. The van der Waals surface area contributed by atoms with E-state index in [1.807, 2.05) is 0 Å². The molecule has 1 amide bonds. The van der Waals surface area contributed by atoms with Gasteiger partial charge in [-0.25, -0.2) is 8.42 Å². The summed E-state index contributed by atoms with van der Waals surface area (Å²) in [4.78, 5) is 13.9. The van der Waals surface area contributed by atoms with Crippen molar-refractivity contribution in [2.75, 3.05) is 23.8 Å². The maximum atomic E-state index is 12.6. The summed E-state index contributed by atoms with van der Waals surface area (Å²) in [5, 5.41) is 9.48. The number of carbonyl (C=O) groups is 1. The van der Waals surface area contributed by atoms with E-state index in [9.17, 15) is 18.3 Å². The van der Waals surface area contributed by atoms with Gasteiger partial charge in [0, 0.05) is 11.7 Å². The molecule has 1 aliphatic heterocycles. The molecule has 0 bridgehead atoms. The van der Waals surface area contributed by atoms with Gasteiger partial charge in [0.15, 0.2) is 9.84 Å². The molecular formula is C14H16N2O4S. The van der Waals surface area contributed by atoms with Gasteiger partial charge < -0.3 is 15.7 Å². The zero-order valence-corrected chi connectivity index (χ0v) is 12.1. The van der Waals surface area contributed by atoms with Crippen LogP contribution in [0.15, 0.2) is 18.2 Å². The van der Waals surface area contributed by atoms with E-state index in [1.165, 1.54) is 23.1 Å². The maximum Gasteiger partial charge on any atom is 0.257 e. The highest BCUT2D eigenvalue weighted by Crippen LogP contribution is 2.24. The standard InChI is InChI=1S/C14H16N2O4S/c1-2-6-16(10-5-7-21(19,20)9-10)14(18)12-8-11(17)3-4-13(12)15/h1,3-4,8,10,17H,5-7,9,15H2. The Kier molecular flexibility index (Phi) is 4.09. The molecule has 0 saturated carbocycles. The van der Waals surface area contributed by atoms with Crippen molar-refractivity contribution >= 4 is 21.4 Å². The smallest absolute Gasteiger partial charge is 0.257 e. The second-order valence-corrected chi connectivity index (χ2v) is 7.19. The van der Waals surface area contributed by atoms with Crippen LogP contribution in [0.2, 0.25) is 0 Å². The Morgan fingerprint density at radius 2 is 2.24 bits per heavy atom. The lowest BCUT2D eigenvalue weighted by molar-refractivity contribution is 0.0725. The predicted molar refractivity (Wildman–Crippen MR) is 79.4 cm³/mol. The summed E-state index contributed by atoms with van der Waals surface area (Å²) in [5.74, 6) is 1.75. The SMILES string of the molecule is C#CCN(C(=O)c1cc(O)ccc1N)C1CCS(=O)(=O)C1. The number of hydrogen-bond acceptors (Lipinski definition) is 5. The number of benzene rings is 1. The molecule has 1 saturated heterocycles. The number of phenols is 1.